The van der Waals surface area contributed by atoms with Crippen LogP contribution in [0.2, 0.25) is 0 Å². The highest BCUT2D eigenvalue weighted by atomic mass is 16.6. The van der Waals surface area contributed by atoms with Crippen molar-refractivity contribution in [3.63, 3.8) is 0 Å². The van der Waals surface area contributed by atoms with E-state index in [0.29, 0.717) is 12.6 Å². The van der Waals surface area contributed by atoms with E-state index in [4.69, 9.17) is 4.74 Å². The van der Waals surface area contributed by atoms with Crippen LogP contribution in [0.5, 0.6) is 0 Å². The van der Waals surface area contributed by atoms with Crippen LogP contribution in [0.1, 0.15) is 18.4 Å². The van der Waals surface area contributed by atoms with Crippen molar-refractivity contribution < 1.29 is 9.53 Å². The van der Waals surface area contributed by atoms with Crippen LogP contribution in [-0.4, -0.2) is 23.6 Å². The number of allylic oxidation sites excluding steroid dienone is 1. The molecule has 3 heteroatoms. The second kappa shape index (κ2) is 4.24. The molecule has 3 rings (SSSR count). The van der Waals surface area contributed by atoms with Crippen LogP contribution in [0.3, 0.4) is 0 Å². The van der Waals surface area contributed by atoms with Gasteiger partial charge in [0.1, 0.15) is 0 Å². The van der Waals surface area contributed by atoms with Crippen LogP contribution in [0.15, 0.2) is 42.1 Å². The number of rotatable bonds is 3. The number of carbonyl (C=O) groups is 1. The van der Waals surface area contributed by atoms with Crippen LogP contribution in [-0.2, 0) is 11.2 Å². The summed E-state index contributed by atoms with van der Waals surface area (Å²) in [6.07, 6.45) is 4.96. The number of hydrogen-bond acceptors (Lipinski definition) is 2. The Balaban J connectivity index is 1.57. The fourth-order valence-electron chi connectivity index (χ4n) is 2.36. The Morgan fingerprint density at radius 3 is 2.94 bits per heavy atom. The maximum Gasteiger partial charge on any atom is 0.414 e. The van der Waals surface area contributed by atoms with Gasteiger partial charge in [0.05, 0.1) is 12.6 Å². The summed E-state index contributed by atoms with van der Waals surface area (Å²) in [5.41, 5.74) is 2.49. The second-order valence-corrected chi connectivity index (χ2v) is 4.44. The average Bonchev–Trinajstić information content (AvgIpc) is 3.06. The number of nitrogens with zero attached hydrogens (tertiary/aromatic N) is 1. The average molecular weight is 229 g/mol. The molecule has 0 bridgehead atoms. The molecule has 2 aliphatic heterocycles. The largest absolute Gasteiger partial charge is 0.449 e. The predicted molar refractivity (Wildman–Crippen MR) is 64.4 cm³/mol. The molecule has 17 heavy (non-hydrogen) atoms. The lowest BCUT2D eigenvalue weighted by atomic mass is 10.1. The maximum absolute atomic E-state index is 11.3. The molecule has 1 aromatic carbocycles. The highest BCUT2D eigenvalue weighted by molar-refractivity contribution is 5.77. The molecule has 1 atom stereocenters. The van der Waals surface area contributed by atoms with Gasteiger partial charge in [-0.15, -0.1) is 0 Å². The van der Waals surface area contributed by atoms with Gasteiger partial charge in [0.2, 0.25) is 0 Å². The monoisotopic (exact) mass is 229 g/mol. The summed E-state index contributed by atoms with van der Waals surface area (Å²) in [6, 6.07) is 10.7. The number of fused-ring (bicyclic) bond motifs is 1. The number of carbonyl (C=O) groups excluding carboxylic acids is 1. The van der Waals surface area contributed by atoms with Gasteiger partial charge in [-0.25, -0.2) is 4.79 Å². The highest BCUT2D eigenvalue weighted by Crippen LogP contribution is 2.39. The van der Waals surface area contributed by atoms with Crippen molar-refractivity contribution in [2.75, 3.05) is 6.61 Å². The van der Waals surface area contributed by atoms with Crippen molar-refractivity contribution in [1.29, 1.82) is 0 Å². The number of cyclic esters (lactones) is 1. The Hall–Kier alpha value is -1.77. The molecule has 1 amide bonds. The zero-order valence-corrected chi connectivity index (χ0v) is 9.63. The summed E-state index contributed by atoms with van der Waals surface area (Å²) in [5.74, 6) is 0. The molecule has 1 aromatic rings. The minimum atomic E-state index is -0.174. The van der Waals surface area contributed by atoms with Crippen molar-refractivity contribution in [2.24, 2.45) is 0 Å². The first-order valence-corrected chi connectivity index (χ1v) is 6.06. The van der Waals surface area contributed by atoms with Crippen LogP contribution < -0.4 is 0 Å². The van der Waals surface area contributed by atoms with Gasteiger partial charge in [0.25, 0.3) is 0 Å². The summed E-state index contributed by atoms with van der Waals surface area (Å²) in [5, 5.41) is 0. The van der Waals surface area contributed by atoms with E-state index in [1.54, 1.807) is 4.90 Å². The first-order chi connectivity index (χ1) is 8.36. The Kier molecular flexibility index (Phi) is 2.59. The van der Waals surface area contributed by atoms with E-state index in [1.165, 1.54) is 5.56 Å². The van der Waals surface area contributed by atoms with E-state index < -0.39 is 0 Å². The topological polar surface area (TPSA) is 29.3 Å². The van der Waals surface area contributed by atoms with Gasteiger partial charge in [0.15, 0.2) is 0 Å². The first kappa shape index (κ1) is 10.4. The zero-order valence-electron chi connectivity index (χ0n) is 9.63. The molecule has 0 aromatic heterocycles. The van der Waals surface area contributed by atoms with Crippen LogP contribution in [0.25, 0.3) is 0 Å². The molecule has 0 unspecified atom stereocenters. The third kappa shape index (κ3) is 2.05. The van der Waals surface area contributed by atoms with Crippen molar-refractivity contribution >= 4 is 6.09 Å². The predicted octanol–water partition coefficient (Wildman–Crippen LogP) is 2.73. The van der Waals surface area contributed by atoms with Crippen molar-refractivity contribution in [2.45, 2.75) is 25.3 Å². The lowest BCUT2D eigenvalue weighted by molar-refractivity contribution is 0.111. The molecular weight excluding hydrogens is 214 g/mol. The van der Waals surface area contributed by atoms with E-state index in [0.717, 1.165) is 25.0 Å². The standard InChI is InChI=1S/C14H15NO2/c16-14-15-12(13(15)9-10-17-14)8-4-7-11-5-2-1-3-6-11/h1-3,5-6,8,13H,4,7,9-10H2/b12-8+/t13-,15?/m1/s1. The Morgan fingerprint density at radius 1 is 1.35 bits per heavy atom. The van der Waals surface area contributed by atoms with Crippen LogP contribution in [0, 0.1) is 0 Å². The number of ether oxygens (including phenoxy) is 1. The summed E-state index contributed by atoms with van der Waals surface area (Å²) in [4.78, 5) is 13.1. The summed E-state index contributed by atoms with van der Waals surface area (Å²) in [6.45, 7) is 0.566. The minimum absolute atomic E-state index is 0.174. The van der Waals surface area contributed by atoms with E-state index in [-0.39, 0.29) is 6.09 Å². The normalized spacial score (nSPS) is 24.5. The molecule has 88 valence electrons. The fourth-order valence-corrected chi connectivity index (χ4v) is 2.36. The van der Waals surface area contributed by atoms with Crippen LogP contribution in [0.4, 0.5) is 4.79 Å². The molecule has 3 nitrogen and oxygen atoms in total. The molecular formula is C14H15NO2. The zero-order chi connectivity index (χ0) is 11.7. The quantitative estimate of drug-likeness (QED) is 0.746. The second-order valence-electron chi connectivity index (χ2n) is 4.44. The lowest BCUT2D eigenvalue weighted by Gasteiger charge is -2.09. The number of benzene rings is 1. The third-order valence-electron chi connectivity index (χ3n) is 3.31. The SMILES string of the molecule is O=C1OCC[C@@H]2/C(=C\CCc3ccccc3)N12. The molecule has 0 saturated carbocycles. The smallest absolute Gasteiger partial charge is 0.414 e. The molecule has 2 heterocycles. The summed E-state index contributed by atoms with van der Waals surface area (Å²) < 4.78 is 4.97. The van der Waals surface area contributed by atoms with Crippen molar-refractivity contribution in [1.82, 2.24) is 4.90 Å². The van der Waals surface area contributed by atoms with Gasteiger partial charge < -0.3 is 4.74 Å². The summed E-state index contributed by atoms with van der Waals surface area (Å²) in [7, 11) is 0. The number of amides is 1. The molecule has 0 spiro atoms. The lowest BCUT2D eigenvalue weighted by Crippen LogP contribution is -2.22. The van der Waals surface area contributed by atoms with Gasteiger partial charge in [-0.3, -0.25) is 4.90 Å². The molecule has 2 saturated heterocycles. The molecule has 0 radical (unpaired) electrons. The van der Waals surface area contributed by atoms with E-state index in [9.17, 15) is 4.79 Å². The van der Waals surface area contributed by atoms with E-state index in [1.807, 2.05) is 6.07 Å². The first-order valence-electron chi connectivity index (χ1n) is 6.06. The van der Waals surface area contributed by atoms with Gasteiger partial charge in [-0.2, -0.15) is 0 Å². The van der Waals surface area contributed by atoms with E-state index >= 15 is 0 Å². The maximum atomic E-state index is 11.3. The molecule has 0 N–H and O–H groups in total. The van der Waals surface area contributed by atoms with E-state index in [2.05, 4.69) is 30.3 Å². The molecule has 2 aliphatic rings. The van der Waals surface area contributed by atoms with Crippen LogP contribution >= 0.6 is 0 Å². The Bertz CT molecular complexity index is 453. The van der Waals surface area contributed by atoms with Gasteiger partial charge in [-0.1, -0.05) is 36.4 Å². The highest BCUT2D eigenvalue weighted by Gasteiger charge is 2.48. The van der Waals surface area contributed by atoms with Gasteiger partial charge in [-0.05, 0) is 18.4 Å². The van der Waals surface area contributed by atoms with Crippen molar-refractivity contribution in [3.8, 4) is 0 Å². The van der Waals surface area contributed by atoms with Gasteiger partial charge >= 0.3 is 6.09 Å². The Labute approximate surface area is 101 Å². The molecule has 2 fully saturated rings. The summed E-state index contributed by atoms with van der Waals surface area (Å²) >= 11 is 0. The third-order valence-corrected chi connectivity index (χ3v) is 3.31. The van der Waals surface area contributed by atoms with Crippen molar-refractivity contribution in [3.05, 3.63) is 47.7 Å². The van der Waals surface area contributed by atoms with Gasteiger partial charge in [0, 0.05) is 12.1 Å². The number of aryl methyl sites for hydroxylation is 1. The molecule has 0 aliphatic carbocycles. The minimum Gasteiger partial charge on any atom is -0.449 e. The fraction of sp³-hybridized carbons (Fsp3) is 0.357. The Morgan fingerprint density at radius 2 is 2.18 bits per heavy atom. The number of hydrogen-bond donors (Lipinski definition) is 0.